The van der Waals surface area contributed by atoms with E-state index < -0.39 is 6.04 Å². The van der Waals surface area contributed by atoms with Crippen molar-refractivity contribution < 1.29 is 19.1 Å². The third-order valence-electron chi connectivity index (χ3n) is 5.16. The smallest absolute Gasteiger partial charge is 0.309 e. The molecule has 2 aliphatic rings. The Kier molecular flexibility index (Phi) is 5.18. The van der Waals surface area contributed by atoms with Crippen LogP contribution < -0.4 is 4.90 Å². The van der Waals surface area contributed by atoms with Crippen molar-refractivity contribution in [2.24, 2.45) is 5.92 Å². The fourth-order valence-corrected chi connectivity index (χ4v) is 3.83. The number of rotatable bonds is 4. The monoisotopic (exact) mass is 344 g/mol. The second-order valence-corrected chi connectivity index (χ2v) is 6.63. The molecule has 0 aromatic heterocycles. The van der Waals surface area contributed by atoms with Crippen LogP contribution in [0.5, 0.6) is 0 Å². The van der Waals surface area contributed by atoms with E-state index in [9.17, 15) is 14.4 Å². The number of esters is 1. The number of hydrogen-bond donors (Lipinski definition) is 0. The Morgan fingerprint density at radius 3 is 2.76 bits per heavy atom. The minimum atomic E-state index is -0.482. The summed E-state index contributed by atoms with van der Waals surface area (Å²) in [6.45, 7) is 3.20. The largest absolute Gasteiger partial charge is 0.469 e. The van der Waals surface area contributed by atoms with Gasteiger partial charge in [0.05, 0.1) is 31.2 Å². The van der Waals surface area contributed by atoms with Gasteiger partial charge in [-0.1, -0.05) is 25.1 Å². The molecule has 134 valence electrons. The minimum absolute atomic E-state index is 0.170. The van der Waals surface area contributed by atoms with Crippen molar-refractivity contribution in [3.8, 4) is 0 Å². The minimum Gasteiger partial charge on any atom is -0.469 e. The van der Waals surface area contributed by atoms with Gasteiger partial charge in [0, 0.05) is 6.54 Å². The van der Waals surface area contributed by atoms with Crippen LogP contribution >= 0.6 is 0 Å². The molecule has 25 heavy (non-hydrogen) atoms. The number of hydrogen-bond acceptors (Lipinski definition) is 5. The first kappa shape index (κ1) is 17.6. The van der Waals surface area contributed by atoms with Crippen molar-refractivity contribution >= 4 is 23.5 Å². The summed E-state index contributed by atoms with van der Waals surface area (Å²) < 4.78 is 4.84. The van der Waals surface area contributed by atoms with Crippen LogP contribution in [0.4, 0.5) is 5.69 Å². The Labute approximate surface area is 147 Å². The summed E-state index contributed by atoms with van der Waals surface area (Å²) >= 11 is 0. The van der Waals surface area contributed by atoms with Crippen LogP contribution in [0.1, 0.15) is 31.7 Å². The zero-order valence-corrected chi connectivity index (χ0v) is 14.7. The molecule has 2 saturated heterocycles. The molecular weight excluding hydrogens is 320 g/mol. The second-order valence-electron chi connectivity index (χ2n) is 6.63. The lowest BCUT2D eigenvalue weighted by Gasteiger charge is -2.34. The number of piperidine rings is 1. The Balaban J connectivity index is 1.80. The van der Waals surface area contributed by atoms with E-state index in [2.05, 4.69) is 0 Å². The van der Waals surface area contributed by atoms with Gasteiger partial charge >= 0.3 is 5.97 Å². The fourth-order valence-electron chi connectivity index (χ4n) is 3.83. The normalized spacial score (nSPS) is 24.6. The number of carbonyl (C=O) groups excluding carboxylic acids is 3. The summed E-state index contributed by atoms with van der Waals surface area (Å²) in [6, 6.07) is 7.04. The van der Waals surface area contributed by atoms with Crippen LogP contribution in [0.2, 0.25) is 0 Å². The number of aryl methyl sites for hydroxylation is 1. The van der Waals surface area contributed by atoms with E-state index in [-0.39, 0.29) is 30.1 Å². The number of benzene rings is 1. The van der Waals surface area contributed by atoms with Gasteiger partial charge in [-0.15, -0.1) is 0 Å². The number of amides is 2. The summed E-state index contributed by atoms with van der Waals surface area (Å²) in [6.07, 6.45) is 2.51. The summed E-state index contributed by atoms with van der Waals surface area (Å²) in [5, 5.41) is 0. The topological polar surface area (TPSA) is 66.9 Å². The van der Waals surface area contributed by atoms with E-state index in [1.807, 2.05) is 36.1 Å². The van der Waals surface area contributed by atoms with Crippen molar-refractivity contribution in [2.75, 3.05) is 25.1 Å². The molecule has 2 amide bonds. The zero-order valence-electron chi connectivity index (χ0n) is 14.7. The molecule has 0 N–H and O–H groups in total. The molecule has 1 aromatic rings. The van der Waals surface area contributed by atoms with Crippen LogP contribution in [0, 0.1) is 5.92 Å². The van der Waals surface area contributed by atoms with Gasteiger partial charge in [0.1, 0.15) is 0 Å². The lowest BCUT2D eigenvalue weighted by atomic mass is 9.96. The predicted octanol–water partition coefficient (Wildman–Crippen LogP) is 1.77. The molecule has 0 aliphatic carbocycles. The van der Waals surface area contributed by atoms with E-state index in [0.717, 1.165) is 31.4 Å². The maximum absolute atomic E-state index is 13.0. The third-order valence-corrected chi connectivity index (χ3v) is 5.16. The molecule has 0 bridgehead atoms. The van der Waals surface area contributed by atoms with Gasteiger partial charge in [-0.3, -0.25) is 19.3 Å². The molecule has 2 heterocycles. The van der Waals surface area contributed by atoms with Gasteiger partial charge < -0.3 is 4.74 Å². The van der Waals surface area contributed by atoms with Gasteiger partial charge in [-0.25, -0.2) is 4.90 Å². The molecular formula is C19H24N2O4. The molecule has 0 spiro atoms. The SMILES string of the molecule is CCc1ccccc1N1C(=O)CC(N2CCCC(C(=O)OC)C2)C1=O. The molecule has 3 rings (SSSR count). The maximum atomic E-state index is 13.0. The lowest BCUT2D eigenvalue weighted by Crippen LogP contribution is -2.48. The average Bonchev–Trinajstić information content (AvgIpc) is 2.95. The Morgan fingerprint density at radius 2 is 2.04 bits per heavy atom. The highest BCUT2D eigenvalue weighted by Gasteiger charge is 2.44. The number of ether oxygens (including phenoxy) is 1. The van der Waals surface area contributed by atoms with Crippen molar-refractivity contribution in [3.05, 3.63) is 29.8 Å². The van der Waals surface area contributed by atoms with Crippen molar-refractivity contribution in [1.82, 2.24) is 4.90 Å². The summed E-state index contributed by atoms with van der Waals surface area (Å²) in [5.41, 5.74) is 1.67. The number of likely N-dealkylation sites (tertiary alicyclic amines) is 1. The van der Waals surface area contributed by atoms with Crippen LogP contribution in [0.25, 0.3) is 0 Å². The average molecular weight is 344 g/mol. The highest BCUT2D eigenvalue weighted by Crippen LogP contribution is 2.31. The van der Waals surface area contributed by atoms with Crippen LogP contribution in [-0.4, -0.2) is 48.9 Å². The summed E-state index contributed by atoms with van der Waals surface area (Å²) in [5.74, 6) is -0.819. The fraction of sp³-hybridized carbons (Fsp3) is 0.526. The standard InChI is InChI=1S/C19H24N2O4/c1-3-13-7-4-5-9-15(13)21-17(22)11-16(18(21)23)20-10-6-8-14(12-20)19(24)25-2/h4-5,7,9,14,16H,3,6,8,10-12H2,1-2H3. The Hall–Kier alpha value is -2.21. The number of nitrogens with zero attached hydrogens (tertiary/aromatic N) is 2. The quantitative estimate of drug-likeness (QED) is 0.615. The molecule has 6 heteroatoms. The zero-order chi connectivity index (χ0) is 18.0. The van der Waals surface area contributed by atoms with Gasteiger partial charge in [0.25, 0.3) is 5.91 Å². The number of imide groups is 1. The molecule has 0 radical (unpaired) electrons. The molecule has 2 atom stereocenters. The maximum Gasteiger partial charge on any atom is 0.309 e. The first-order chi connectivity index (χ1) is 12.1. The number of anilines is 1. The van der Waals surface area contributed by atoms with Crippen molar-refractivity contribution in [3.63, 3.8) is 0 Å². The van der Waals surface area contributed by atoms with Crippen LogP contribution in [0.3, 0.4) is 0 Å². The molecule has 2 fully saturated rings. The van der Waals surface area contributed by atoms with Gasteiger partial charge in [-0.2, -0.15) is 0 Å². The van der Waals surface area contributed by atoms with Crippen molar-refractivity contribution in [1.29, 1.82) is 0 Å². The second kappa shape index (κ2) is 7.35. The molecule has 2 unspecified atom stereocenters. The molecule has 0 saturated carbocycles. The molecule has 6 nitrogen and oxygen atoms in total. The Bertz CT molecular complexity index is 688. The van der Waals surface area contributed by atoms with Crippen molar-refractivity contribution in [2.45, 2.75) is 38.6 Å². The van der Waals surface area contributed by atoms with E-state index in [1.54, 1.807) is 0 Å². The van der Waals surface area contributed by atoms with Crippen LogP contribution in [-0.2, 0) is 25.5 Å². The lowest BCUT2D eigenvalue weighted by molar-refractivity contribution is -0.148. The number of methoxy groups -OCH3 is 1. The van der Waals surface area contributed by atoms with Gasteiger partial charge in [-0.05, 0) is 37.4 Å². The highest BCUT2D eigenvalue weighted by molar-refractivity contribution is 6.22. The van der Waals surface area contributed by atoms with E-state index >= 15 is 0 Å². The van der Waals surface area contributed by atoms with E-state index in [0.29, 0.717) is 12.2 Å². The number of para-hydroxylation sites is 1. The van der Waals surface area contributed by atoms with Gasteiger partial charge in [0.2, 0.25) is 5.91 Å². The predicted molar refractivity (Wildman–Crippen MR) is 93.0 cm³/mol. The first-order valence-corrected chi connectivity index (χ1v) is 8.83. The molecule has 2 aliphatic heterocycles. The van der Waals surface area contributed by atoms with E-state index in [4.69, 9.17) is 4.74 Å². The summed E-state index contributed by atoms with van der Waals surface area (Å²) in [7, 11) is 1.38. The highest BCUT2D eigenvalue weighted by atomic mass is 16.5. The summed E-state index contributed by atoms with van der Waals surface area (Å²) in [4.78, 5) is 40.7. The van der Waals surface area contributed by atoms with Crippen LogP contribution in [0.15, 0.2) is 24.3 Å². The molecule has 1 aromatic carbocycles. The first-order valence-electron chi connectivity index (χ1n) is 8.83. The van der Waals surface area contributed by atoms with E-state index in [1.165, 1.54) is 12.0 Å². The third kappa shape index (κ3) is 3.31. The Morgan fingerprint density at radius 1 is 1.28 bits per heavy atom. The van der Waals surface area contributed by atoms with Gasteiger partial charge in [0.15, 0.2) is 0 Å². The number of carbonyl (C=O) groups is 3.